The van der Waals surface area contributed by atoms with Crippen molar-refractivity contribution in [3.8, 4) is 0 Å². The second kappa shape index (κ2) is 8.57. The number of amides is 1. The molecular formula is C17H23Cl3N2O. The minimum Gasteiger partial charge on any atom is -0.335 e. The van der Waals surface area contributed by atoms with Crippen LogP contribution in [0.5, 0.6) is 0 Å². The van der Waals surface area contributed by atoms with E-state index < -0.39 is 0 Å². The van der Waals surface area contributed by atoms with Crippen LogP contribution in [-0.2, 0) is 11.3 Å². The van der Waals surface area contributed by atoms with Crippen LogP contribution in [0.15, 0.2) is 18.2 Å². The van der Waals surface area contributed by atoms with E-state index >= 15 is 0 Å². The third-order valence-electron chi connectivity index (χ3n) is 4.51. The molecule has 1 amide bonds. The number of benzene rings is 1. The van der Waals surface area contributed by atoms with E-state index in [0.717, 1.165) is 31.4 Å². The molecular weight excluding hydrogens is 355 g/mol. The molecule has 1 heterocycles. The Kier molecular flexibility index (Phi) is 7.02. The molecule has 1 saturated heterocycles. The Morgan fingerprint density at radius 2 is 2.00 bits per heavy atom. The zero-order chi connectivity index (χ0) is 15.5. The van der Waals surface area contributed by atoms with Gasteiger partial charge in [0, 0.05) is 25.0 Å². The van der Waals surface area contributed by atoms with Gasteiger partial charge in [-0.05, 0) is 56.3 Å². The lowest BCUT2D eigenvalue weighted by molar-refractivity contribution is -0.132. The van der Waals surface area contributed by atoms with E-state index in [1.165, 1.54) is 12.8 Å². The van der Waals surface area contributed by atoms with Crippen molar-refractivity contribution in [2.75, 3.05) is 6.54 Å². The van der Waals surface area contributed by atoms with Crippen LogP contribution in [-0.4, -0.2) is 29.4 Å². The summed E-state index contributed by atoms with van der Waals surface area (Å²) in [6.45, 7) is 1.73. The van der Waals surface area contributed by atoms with Crippen molar-refractivity contribution in [3.05, 3.63) is 33.8 Å². The van der Waals surface area contributed by atoms with Crippen molar-refractivity contribution < 1.29 is 4.79 Å². The number of nitrogens with one attached hydrogen (secondary N) is 1. The molecule has 1 aromatic carbocycles. The Hall–Kier alpha value is -0.480. The summed E-state index contributed by atoms with van der Waals surface area (Å²) in [7, 11) is 0. The summed E-state index contributed by atoms with van der Waals surface area (Å²) in [4.78, 5) is 14.6. The lowest BCUT2D eigenvalue weighted by atomic mass is 10.1. The molecule has 1 N–H and O–H groups in total. The molecule has 23 heavy (non-hydrogen) atoms. The third-order valence-corrected chi connectivity index (χ3v) is 5.25. The van der Waals surface area contributed by atoms with Crippen LogP contribution in [0.1, 0.15) is 44.1 Å². The van der Waals surface area contributed by atoms with E-state index in [4.69, 9.17) is 23.2 Å². The van der Waals surface area contributed by atoms with Crippen LogP contribution in [0, 0.1) is 0 Å². The number of rotatable bonds is 6. The highest BCUT2D eigenvalue weighted by atomic mass is 35.5. The zero-order valence-corrected chi connectivity index (χ0v) is 15.4. The first-order chi connectivity index (χ1) is 10.6. The monoisotopic (exact) mass is 376 g/mol. The Morgan fingerprint density at radius 1 is 1.22 bits per heavy atom. The molecule has 1 aromatic rings. The summed E-state index contributed by atoms with van der Waals surface area (Å²) in [5.74, 6) is 0.266. The van der Waals surface area contributed by atoms with E-state index in [2.05, 4.69) is 5.32 Å². The minimum absolute atomic E-state index is 0. The van der Waals surface area contributed by atoms with Gasteiger partial charge in [0.05, 0.1) is 10.0 Å². The molecule has 1 saturated carbocycles. The number of hydrogen-bond acceptors (Lipinski definition) is 2. The van der Waals surface area contributed by atoms with Crippen LogP contribution in [0.2, 0.25) is 10.0 Å². The summed E-state index contributed by atoms with van der Waals surface area (Å²) in [5, 5.41) is 4.57. The summed E-state index contributed by atoms with van der Waals surface area (Å²) in [6, 6.07) is 6.56. The molecule has 1 unspecified atom stereocenters. The summed E-state index contributed by atoms with van der Waals surface area (Å²) >= 11 is 12.0. The molecule has 0 radical (unpaired) electrons. The summed E-state index contributed by atoms with van der Waals surface area (Å²) in [6.07, 6.45) is 6.25. The van der Waals surface area contributed by atoms with Crippen molar-refractivity contribution in [1.29, 1.82) is 0 Å². The molecule has 3 nitrogen and oxygen atoms in total. The summed E-state index contributed by atoms with van der Waals surface area (Å²) in [5.41, 5.74) is 1.05. The highest BCUT2D eigenvalue weighted by molar-refractivity contribution is 6.42. The van der Waals surface area contributed by atoms with E-state index in [9.17, 15) is 4.79 Å². The number of nitrogens with zero attached hydrogens (tertiary/aromatic N) is 1. The number of halogens is 3. The van der Waals surface area contributed by atoms with Crippen LogP contribution in [0.25, 0.3) is 0 Å². The number of carbonyl (C=O) groups is 1. The lowest BCUT2D eigenvalue weighted by Crippen LogP contribution is -2.33. The molecule has 0 aromatic heterocycles. The van der Waals surface area contributed by atoms with Crippen LogP contribution < -0.4 is 5.32 Å². The largest absolute Gasteiger partial charge is 0.335 e. The molecule has 6 heteroatoms. The molecule has 128 valence electrons. The first-order valence-electron chi connectivity index (χ1n) is 8.10. The maximum Gasteiger partial charge on any atom is 0.223 e. The van der Waals surface area contributed by atoms with E-state index in [-0.39, 0.29) is 18.3 Å². The topological polar surface area (TPSA) is 32.3 Å². The van der Waals surface area contributed by atoms with Gasteiger partial charge in [-0.15, -0.1) is 12.4 Å². The average molecular weight is 378 g/mol. The molecule has 2 aliphatic rings. The van der Waals surface area contributed by atoms with Gasteiger partial charge >= 0.3 is 0 Å². The predicted molar refractivity (Wildman–Crippen MR) is 97.5 cm³/mol. The van der Waals surface area contributed by atoms with Crippen molar-refractivity contribution in [1.82, 2.24) is 10.2 Å². The second-order valence-corrected chi connectivity index (χ2v) is 7.15. The fraction of sp³-hybridized carbons (Fsp3) is 0.588. The van der Waals surface area contributed by atoms with Gasteiger partial charge in [-0.1, -0.05) is 29.3 Å². The highest BCUT2D eigenvalue weighted by Gasteiger charge is 2.32. The van der Waals surface area contributed by atoms with E-state index in [1.807, 2.05) is 17.0 Å². The first-order valence-corrected chi connectivity index (χ1v) is 8.86. The van der Waals surface area contributed by atoms with Crippen molar-refractivity contribution in [3.63, 3.8) is 0 Å². The number of carbonyl (C=O) groups excluding carboxylic acids is 1. The van der Waals surface area contributed by atoms with Gasteiger partial charge in [0.1, 0.15) is 0 Å². The predicted octanol–water partition coefficient (Wildman–Crippen LogP) is 4.44. The maximum absolute atomic E-state index is 12.6. The minimum atomic E-state index is 0. The SMILES string of the molecule is Cl.O=C(CCC1CCCN1)N(Cc1ccc(Cl)c(Cl)c1)C1CC1. The second-order valence-electron chi connectivity index (χ2n) is 6.33. The molecule has 3 rings (SSSR count). The van der Waals surface area contributed by atoms with Crippen molar-refractivity contribution in [2.24, 2.45) is 0 Å². The average Bonchev–Trinajstić information content (AvgIpc) is 3.21. The maximum atomic E-state index is 12.6. The molecule has 1 atom stereocenters. The van der Waals surface area contributed by atoms with E-state index in [0.29, 0.717) is 35.1 Å². The Bertz CT molecular complexity index is 543. The van der Waals surface area contributed by atoms with Crippen molar-refractivity contribution in [2.45, 2.75) is 57.2 Å². The smallest absolute Gasteiger partial charge is 0.223 e. The lowest BCUT2D eigenvalue weighted by Gasteiger charge is -2.23. The quantitative estimate of drug-likeness (QED) is 0.795. The van der Waals surface area contributed by atoms with Crippen molar-refractivity contribution >= 4 is 41.5 Å². The number of hydrogen-bond donors (Lipinski definition) is 1. The molecule has 1 aliphatic heterocycles. The van der Waals surface area contributed by atoms with Gasteiger partial charge in [-0.3, -0.25) is 4.79 Å². The fourth-order valence-electron chi connectivity index (χ4n) is 3.09. The molecule has 2 fully saturated rings. The first kappa shape index (κ1) is 18.9. The Morgan fingerprint density at radius 3 is 2.61 bits per heavy atom. The van der Waals surface area contributed by atoms with Gasteiger partial charge in [0.15, 0.2) is 0 Å². The normalized spacial score (nSPS) is 20.2. The zero-order valence-electron chi connectivity index (χ0n) is 13.1. The molecule has 0 bridgehead atoms. The van der Waals surface area contributed by atoms with Gasteiger partial charge in [0.2, 0.25) is 5.91 Å². The Balaban J connectivity index is 0.00000192. The van der Waals surface area contributed by atoms with Crippen LogP contribution in [0.3, 0.4) is 0 Å². The molecule has 1 aliphatic carbocycles. The van der Waals surface area contributed by atoms with Gasteiger partial charge in [-0.25, -0.2) is 0 Å². The van der Waals surface area contributed by atoms with Crippen LogP contribution >= 0.6 is 35.6 Å². The molecule has 0 spiro atoms. The third kappa shape index (κ3) is 5.25. The van der Waals surface area contributed by atoms with Gasteiger partial charge in [0.25, 0.3) is 0 Å². The summed E-state index contributed by atoms with van der Waals surface area (Å²) < 4.78 is 0. The van der Waals surface area contributed by atoms with Gasteiger partial charge < -0.3 is 10.2 Å². The van der Waals surface area contributed by atoms with E-state index in [1.54, 1.807) is 6.07 Å². The van der Waals surface area contributed by atoms with Crippen LogP contribution in [0.4, 0.5) is 0 Å². The van der Waals surface area contributed by atoms with Gasteiger partial charge in [-0.2, -0.15) is 0 Å². The standard InChI is InChI=1S/C17H22Cl2N2O.ClH/c18-15-7-3-12(10-16(15)19)11-21(14-5-6-14)17(22)8-4-13-2-1-9-20-13;/h3,7,10,13-14,20H,1-2,4-6,8-9,11H2;1H. The fourth-order valence-corrected chi connectivity index (χ4v) is 3.41. The highest BCUT2D eigenvalue weighted by Crippen LogP contribution is 2.31. The Labute approximate surface area is 154 Å².